The fourth-order valence-corrected chi connectivity index (χ4v) is 3.28. The van der Waals surface area contributed by atoms with Gasteiger partial charge < -0.3 is 14.0 Å². The largest absolute Gasteiger partial charge is 0.573 e. The molecule has 0 saturated carbocycles. The van der Waals surface area contributed by atoms with E-state index in [4.69, 9.17) is 4.52 Å². The first-order valence-electron chi connectivity index (χ1n) is 9.67. The highest BCUT2D eigenvalue weighted by Crippen LogP contribution is 2.28. The minimum atomic E-state index is -4.78. The van der Waals surface area contributed by atoms with E-state index in [-0.39, 0.29) is 29.3 Å². The monoisotopic (exact) mass is 465 g/mol. The summed E-state index contributed by atoms with van der Waals surface area (Å²) < 4.78 is 75.9. The lowest BCUT2D eigenvalue weighted by Gasteiger charge is -2.13. The summed E-state index contributed by atoms with van der Waals surface area (Å²) >= 11 is 0. The molecule has 0 unspecified atom stereocenters. The van der Waals surface area contributed by atoms with Crippen molar-refractivity contribution in [1.29, 1.82) is 0 Å². The van der Waals surface area contributed by atoms with E-state index in [0.717, 1.165) is 17.7 Å². The van der Waals surface area contributed by atoms with Gasteiger partial charge in [0.1, 0.15) is 17.2 Å². The Hall–Kier alpha value is -3.76. The smallest absolute Gasteiger partial charge is 0.435 e. The first kappa shape index (κ1) is 22.4. The molecule has 6 nitrogen and oxygen atoms in total. The molecule has 2 heterocycles. The minimum Gasteiger partial charge on any atom is -0.435 e. The van der Waals surface area contributed by atoms with Gasteiger partial charge in [-0.05, 0) is 54.5 Å². The molecule has 172 valence electrons. The maximum atomic E-state index is 12.7. The highest BCUT2D eigenvalue weighted by molar-refractivity contribution is 6.07. The normalized spacial score (nSPS) is 16.0. The van der Waals surface area contributed by atoms with Crippen molar-refractivity contribution in [3.05, 3.63) is 71.6 Å². The van der Waals surface area contributed by atoms with Crippen molar-refractivity contribution < 1.29 is 35.9 Å². The second kappa shape index (κ2) is 9.00. The molecule has 2 aromatic carbocycles. The van der Waals surface area contributed by atoms with Crippen molar-refractivity contribution in [1.82, 2.24) is 10.1 Å². The molecule has 0 amide bonds. The van der Waals surface area contributed by atoms with Crippen LogP contribution in [0.2, 0.25) is 0 Å². The van der Waals surface area contributed by atoms with E-state index < -0.39 is 13.0 Å². The van der Waals surface area contributed by atoms with Crippen molar-refractivity contribution in [2.24, 2.45) is 4.99 Å². The molecule has 0 saturated heterocycles. The molecule has 3 aromatic rings. The van der Waals surface area contributed by atoms with Crippen LogP contribution in [0.25, 0.3) is 11.4 Å². The van der Waals surface area contributed by atoms with Gasteiger partial charge in [0.15, 0.2) is 0 Å². The van der Waals surface area contributed by atoms with Gasteiger partial charge in [0, 0.05) is 12.0 Å². The third-order valence-corrected chi connectivity index (χ3v) is 4.78. The molecule has 33 heavy (non-hydrogen) atoms. The Balaban J connectivity index is 1.50. The van der Waals surface area contributed by atoms with Crippen LogP contribution in [0.1, 0.15) is 18.4 Å². The number of alkyl halides is 5. The number of rotatable bonds is 7. The molecule has 0 aliphatic carbocycles. The van der Waals surface area contributed by atoms with Gasteiger partial charge in [-0.15, -0.1) is 13.2 Å². The molecular formula is C22H16F5N3O3. The number of ether oxygens (including phenoxy) is 2. The molecule has 0 spiro atoms. The topological polar surface area (TPSA) is 69.7 Å². The summed E-state index contributed by atoms with van der Waals surface area (Å²) in [6.07, 6.45) is -2.70. The van der Waals surface area contributed by atoms with Gasteiger partial charge in [-0.25, -0.2) is 0 Å². The Labute approximate surface area is 184 Å². The molecule has 1 atom stereocenters. The number of aromatic nitrogens is 2. The van der Waals surface area contributed by atoms with Crippen LogP contribution in [0.3, 0.4) is 0 Å². The molecule has 4 rings (SSSR count). The first-order chi connectivity index (χ1) is 15.7. The number of nitrogens with zero attached hydrogens (tertiary/aromatic N) is 3. The van der Waals surface area contributed by atoms with Gasteiger partial charge >= 0.3 is 13.0 Å². The Kier molecular flexibility index (Phi) is 6.12. The quantitative estimate of drug-likeness (QED) is 0.425. The number of benzene rings is 2. The van der Waals surface area contributed by atoms with Crippen LogP contribution in [-0.2, 0) is 6.42 Å². The van der Waals surface area contributed by atoms with Crippen molar-refractivity contribution in [3.63, 3.8) is 0 Å². The van der Waals surface area contributed by atoms with Gasteiger partial charge in [0.05, 0.1) is 6.04 Å². The highest BCUT2D eigenvalue weighted by Gasteiger charge is 2.31. The van der Waals surface area contributed by atoms with Crippen LogP contribution in [0, 0.1) is 0 Å². The average molecular weight is 465 g/mol. The van der Waals surface area contributed by atoms with Crippen LogP contribution in [0.15, 0.2) is 69.7 Å². The molecule has 0 bridgehead atoms. The number of hydrogen-bond donors (Lipinski definition) is 0. The number of hydrogen-bond acceptors (Lipinski definition) is 6. The second-order valence-electron chi connectivity index (χ2n) is 7.10. The van der Waals surface area contributed by atoms with Crippen LogP contribution in [0.5, 0.6) is 11.5 Å². The summed E-state index contributed by atoms with van der Waals surface area (Å²) in [5.74, 6) is 0.00522. The summed E-state index contributed by atoms with van der Waals surface area (Å²) in [4.78, 5) is 8.82. The van der Waals surface area contributed by atoms with Gasteiger partial charge in [-0.1, -0.05) is 23.4 Å². The van der Waals surface area contributed by atoms with Crippen molar-refractivity contribution in [2.75, 3.05) is 0 Å². The SMILES string of the molecule is CC1=CC(c2nc(-c3ccc(OC(F)(F)F)cc3)no2)=N[C@@H]1Cc1ccccc1OC(F)F. The Morgan fingerprint density at radius 3 is 2.48 bits per heavy atom. The number of halogens is 5. The summed E-state index contributed by atoms with van der Waals surface area (Å²) in [5, 5.41) is 3.85. The summed E-state index contributed by atoms with van der Waals surface area (Å²) in [5.41, 5.74) is 2.28. The molecule has 11 heteroatoms. The Morgan fingerprint density at radius 1 is 1.06 bits per heavy atom. The minimum absolute atomic E-state index is 0.0852. The summed E-state index contributed by atoms with van der Waals surface area (Å²) in [7, 11) is 0. The maximum Gasteiger partial charge on any atom is 0.573 e. The number of para-hydroxylation sites is 1. The van der Waals surface area contributed by atoms with Gasteiger partial charge in [-0.3, -0.25) is 4.99 Å². The molecule has 1 aromatic heterocycles. The third-order valence-electron chi connectivity index (χ3n) is 4.78. The first-order valence-corrected chi connectivity index (χ1v) is 9.67. The predicted octanol–water partition coefficient (Wildman–Crippen LogP) is 5.60. The van der Waals surface area contributed by atoms with E-state index in [1.807, 2.05) is 6.92 Å². The predicted molar refractivity (Wildman–Crippen MR) is 107 cm³/mol. The number of allylic oxidation sites excluding steroid dienone is 1. The summed E-state index contributed by atoms with van der Waals surface area (Å²) in [6, 6.07) is 11.2. The second-order valence-corrected chi connectivity index (χ2v) is 7.10. The van der Waals surface area contributed by atoms with Gasteiger partial charge in [0.25, 0.3) is 5.89 Å². The van der Waals surface area contributed by atoms with E-state index in [1.165, 1.54) is 18.2 Å². The average Bonchev–Trinajstić information content (AvgIpc) is 3.36. The van der Waals surface area contributed by atoms with Gasteiger partial charge in [-0.2, -0.15) is 13.8 Å². The van der Waals surface area contributed by atoms with E-state index in [9.17, 15) is 22.0 Å². The number of aliphatic imine (C=N–C) groups is 1. The molecule has 1 aliphatic heterocycles. The standard InChI is InChI=1S/C22H16F5N3O3/c1-12-10-17(28-16(12)11-14-4-2-3-5-18(14)31-21(23)24)20-29-19(30-33-20)13-6-8-15(9-7-13)32-22(25,26)27/h2-10,16,21H,11H2,1H3/t16-/m1/s1. The maximum absolute atomic E-state index is 12.7. The van der Waals surface area contributed by atoms with E-state index in [0.29, 0.717) is 23.3 Å². The highest BCUT2D eigenvalue weighted by atomic mass is 19.4. The molecule has 0 fully saturated rings. The Bertz CT molecular complexity index is 1190. The Morgan fingerprint density at radius 2 is 1.79 bits per heavy atom. The van der Waals surface area contributed by atoms with E-state index >= 15 is 0 Å². The van der Waals surface area contributed by atoms with E-state index in [1.54, 1.807) is 24.3 Å². The fraction of sp³-hybridized carbons (Fsp3) is 0.227. The third kappa shape index (κ3) is 5.54. The van der Waals surface area contributed by atoms with Crippen LogP contribution in [0.4, 0.5) is 22.0 Å². The van der Waals surface area contributed by atoms with Crippen molar-refractivity contribution in [3.8, 4) is 22.9 Å². The van der Waals surface area contributed by atoms with Crippen molar-refractivity contribution in [2.45, 2.75) is 32.4 Å². The fourth-order valence-electron chi connectivity index (χ4n) is 3.28. The molecule has 0 radical (unpaired) electrons. The lowest BCUT2D eigenvalue weighted by Crippen LogP contribution is -2.16. The zero-order valence-corrected chi connectivity index (χ0v) is 17.0. The lowest BCUT2D eigenvalue weighted by molar-refractivity contribution is -0.274. The van der Waals surface area contributed by atoms with Crippen LogP contribution >= 0.6 is 0 Å². The van der Waals surface area contributed by atoms with Crippen molar-refractivity contribution >= 4 is 5.71 Å². The molecule has 0 N–H and O–H groups in total. The zero-order valence-electron chi connectivity index (χ0n) is 17.0. The van der Waals surface area contributed by atoms with Crippen LogP contribution < -0.4 is 9.47 Å². The summed E-state index contributed by atoms with van der Waals surface area (Å²) in [6.45, 7) is -1.09. The lowest BCUT2D eigenvalue weighted by atomic mass is 10.0. The van der Waals surface area contributed by atoms with Crippen LogP contribution in [-0.4, -0.2) is 34.9 Å². The van der Waals surface area contributed by atoms with Gasteiger partial charge in [0.2, 0.25) is 5.82 Å². The molecule has 1 aliphatic rings. The van der Waals surface area contributed by atoms with E-state index in [2.05, 4.69) is 24.6 Å². The zero-order chi connectivity index (χ0) is 23.6. The molecular weight excluding hydrogens is 449 g/mol.